The zero-order chi connectivity index (χ0) is 13.8. The summed E-state index contributed by atoms with van der Waals surface area (Å²) in [6.45, 7) is 1.83. The highest BCUT2D eigenvalue weighted by molar-refractivity contribution is 14.1. The van der Waals surface area contributed by atoms with Gasteiger partial charge in [0.15, 0.2) is 0 Å². The first kappa shape index (κ1) is 14.2. The van der Waals surface area contributed by atoms with E-state index in [9.17, 15) is 9.18 Å². The van der Waals surface area contributed by atoms with Crippen LogP contribution in [-0.4, -0.2) is 10.5 Å². The lowest BCUT2D eigenvalue weighted by molar-refractivity contribution is 0.155. The number of halogens is 2. The number of amides is 1. The standard InChI is InChI=1S/C12H10FIN2O2S/c1-7-10(11(14)19-16-7)15-12(17)18-6-8-3-2-4-9(13)5-8/h2-5H,6H2,1H3,(H,15,17). The van der Waals surface area contributed by atoms with E-state index in [1.54, 1.807) is 19.1 Å². The number of hydrogen-bond donors (Lipinski definition) is 1. The van der Waals surface area contributed by atoms with E-state index in [0.29, 0.717) is 11.3 Å². The van der Waals surface area contributed by atoms with E-state index in [0.717, 1.165) is 8.58 Å². The topological polar surface area (TPSA) is 51.2 Å². The van der Waals surface area contributed by atoms with Crippen LogP contribution in [-0.2, 0) is 11.3 Å². The number of nitrogens with one attached hydrogen (secondary N) is 1. The Kier molecular flexibility index (Phi) is 4.70. The first-order chi connectivity index (χ1) is 9.06. The zero-order valence-corrected chi connectivity index (χ0v) is 12.9. The first-order valence-electron chi connectivity index (χ1n) is 5.36. The van der Waals surface area contributed by atoms with Crippen molar-refractivity contribution in [2.24, 2.45) is 0 Å². The molecule has 0 bridgehead atoms. The van der Waals surface area contributed by atoms with Crippen LogP contribution in [0.4, 0.5) is 14.9 Å². The molecule has 0 fully saturated rings. The highest BCUT2D eigenvalue weighted by atomic mass is 127. The molecule has 0 aliphatic carbocycles. The minimum absolute atomic E-state index is 0.0246. The van der Waals surface area contributed by atoms with E-state index in [1.807, 2.05) is 0 Å². The van der Waals surface area contributed by atoms with Crippen LogP contribution in [0.25, 0.3) is 0 Å². The van der Waals surface area contributed by atoms with Gasteiger partial charge in [0, 0.05) is 0 Å². The summed E-state index contributed by atoms with van der Waals surface area (Å²) in [6, 6.07) is 5.93. The number of nitrogens with zero attached hydrogens (tertiary/aromatic N) is 1. The van der Waals surface area contributed by atoms with Crippen molar-refractivity contribution in [1.29, 1.82) is 0 Å². The van der Waals surface area contributed by atoms with Gasteiger partial charge in [-0.2, -0.15) is 4.37 Å². The molecule has 2 aromatic rings. The van der Waals surface area contributed by atoms with Crippen LogP contribution in [0.1, 0.15) is 11.3 Å². The van der Waals surface area contributed by atoms with Gasteiger partial charge < -0.3 is 4.74 Å². The van der Waals surface area contributed by atoms with Crippen LogP contribution in [0.5, 0.6) is 0 Å². The van der Waals surface area contributed by atoms with E-state index < -0.39 is 6.09 Å². The van der Waals surface area contributed by atoms with E-state index in [1.165, 1.54) is 23.7 Å². The maximum Gasteiger partial charge on any atom is 0.412 e. The van der Waals surface area contributed by atoms with Gasteiger partial charge in [-0.25, -0.2) is 9.18 Å². The molecule has 0 saturated heterocycles. The maximum absolute atomic E-state index is 12.9. The van der Waals surface area contributed by atoms with Crippen LogP contribution in [0.3, 0.4) is 0 Å². The lowest BCUT2D eigenvalue weighted by Gasteiger charge is -2.07. The third kappa shape index (κ3) is 3.87. The SMILES string of the molecule is Cc1nsc(I)c1NC(=O)OCc1cccc(F)c1. The molecule has 0 saturated carbocycles. The number of carbonyl (C=O) groups excluding carboxylic acids is 1. The minimum Gasteiger partial charge on any atom is -0.444 e. The molecule has 1 aromatic carbocycles. The molecule has 1 heterocycles. The van der Waals surface area contributed by atoms with Crippen molar-refractivity contribution in [3.05, 3.63) is 44.2 Å². The average molecular weight is 392 g/mol. The van der Waals surface area contributed by atoms with Crippen molar-refractivity contribution < 1.29 is 13.9 Å². The molecule has 2 rings (SSSR count). The molecule has 1 N–H and O–H groups in total. The molecule has 0 aliphatic rings. The van der Waals surface area contributed by atoms with Crippen LogP contribution in [0.15, 0.2) is 24.3 Å². The Morgan fingerprint density at radius 2 is 2.37 bits per heavy atom. The largest absolute Gasteiger partial charge is 0.444 e. The summed E-state index contributed by atoms with van der Waals surface area (Å²) < 4.78 is 23.0. The molecule has 0 atom stereocenters. The Labute approximate surface area is 127 Å². The second-order valence-corrected chi connectivity index (χ2v) is 6.33. The number of benzene rings is 1. The van der Waals surface area contributed by atoms with E-state index in [4.69, 9.17) is 4.74 Å². The molecule has 7 heteroatoms. The number of aromatic nitrogens is 1. The van der Waals surface area contributed by atoms with Crippen LogP contribution in [0, 0.1) is 15.6 Å². The smallest absolute Gasteiger partial charge is 0.412 e. The summed E-state index contributed by atoms with van der Waals surface area (Å²) in [5.41, 5.74) is 2.01. The molecule has 19 heavy (non-hydrogen) atoms. The molecule has 100 valence electrons. The first-order valence-corrected chi connectivity index (χ1v) is 7.21. The van der Waals surface area contributed by atoms with Crippen molar-refractivity contribution in [2.45, 2.75) is 13.5 Å². The van der Waals surface area contributed by atoms with Gasteiger partial charge in [-0.1, -0.05) is 12.1 Å². The van der Waals surface area contributed by atoms with Crippen molar-refractivity contribution in [1.82, 2.24) is 4.37 Å². The molecule has 0 aliphatic heterocycles. The second kappa shape index (κ2) is 6.29. The number of carbonyl (C=O) groups is 1. The molecule has 4 nitrogen and oxygen atoms in total. The highest BCUT2D eigenvalue weighted by Gasteiger charge is 2.12. The number of hydrogen-bond acceptors (Lipinski definition) is 4. The molecule has 0 unspecified atom stereocenters. The van der Waals surface area contributed by atoms with Crippen molar-refractivity contribution in [3.8, 4) is 0 Å². The second-order valence-electron chi connectivity index (χ2n) is 3.75. The molecule has 1 aromatic heterocycles. The van der Waals surface area contributed by atoms with Gasteiger partial charge in [0.2, 0.25) is 0 Å². The number of ether oxygens (including phenoxy) is 1. The molecule has 0 spiro atoms. The molecule has 1 amide bonds. The van der Waals surface area contributed by atoms with Crippen molar-refractivity contribution in [2.75, 3.05) is 5.32 Å². The molecular formula is C12H10FIN2O2S. The van der Waals surface area contributed by atoms with Crippen molar-refractivity contribution in [3.63, 3.8) is 0 Å². The summed E-state index contributed by atoms with van der Waals surface area (Å²) in [7, 11) is 0. The average Bonchev–Trinajstić information content (AvgIpc) is 2.68. The van der Waals surface area contributed by atoms with Gasteiger partial charge in [-0.15, -0.1) is 0 Å². The number of aryl methyl sites for hydroxylation is 1. The fraction of sp³-hybridized carbons (Fsp3) is 0.167. The normalized spacial score (nSPS) is 10.3. The number of rotatable bonds is 3. The summed E-state index contributed by atoms with van der Waals surface area (Å²) in [4.78, 5) is 11.6. The van der Waals surface area contributed by atoms with Gasteiger partial charge in [-0.05, 0) is 58.7 Å². The lowest BCUT2D eigenvalue weighted by Crippen LogP contribution is -2.14. The van der Waals surface area contributed by atoms with Gasteiger partial charge in [-0.3, -0.25) is 5.32 Å². The van der Waals surface area contributed by atoms with Gasteiger partial charge in [0.05, 0.1) is 11.4 Å². The van der Waals surface area contributed by atoms with Crippen LogP contribution < -0.4 is 5.32 Å². The Morgan fingerprint density at radius 3 is 3.00 bits per heavy atom. The predicted octanol–water partition coefficient (Wildman–Crippen LogP) is 3.94. The zero-order valence-electron chi connectivity index (χ0n) is 9.94. The quantitative estimate of drug-likeness (QED) is 0.806. The number of anilines is 1. The summed E-state index contributed by atoms with van der Waals surface area (Å²) in [5, 5.41) is 2.63. The Bertz CT molecular complexity index is 584. The summed E-state index contributed by atoms with van der Waals surface area (Å²) in [5.74, 6) is -0.353. The van der Waals surface area contributed by atoms with Crippen LogP contribution >= 0.6 is 34.1 Å². The van der Waals surface area contributed by atoms with Crippen molar-refractivity contribution >= 4 is 45.9 Å². The van der Waals surface area contributed by atoms with E-state index >= 15 is 0 Å². The van der Waals surface area contributed by atoms with E-state index in [2.05, 4.69) is 32.3 Å². The fourth-order valence-electron chi connectivity index (χ4n) is 1.40. The third-order valence-electron chi connectivity index (χ3n) is 2.31. The minimum atomic E-state index is -0.578. The van der Waals surface area contributed by atoms with E-state index in [-0.39, 0.29) is 12.4 Å². The molecule has 0 radical (unpaired) electrons. The Hall–Kier alpha value is -1.22. The van der Waals surface area contributed by atoms with Gasteiger partial charge in [0.1, 0.15) is 15.3 Å². The van der Waals surface area contributed by atoms with Gasteiger partial charge >= 0.3 is 6.09 Å². The summed E-state index contributed by atoms with van der Waals surface area (Å²) in [6.07, 6.45) is -0.578. The Balaban J connectivity index is 1.92. The van der Waals surface area contributed by atoms with Crippen LogP contribution in [0.2, 0.25) is 0 Å². The third-order valence-corrected chi connectivity index (χ3v) is 4.17. The lowest BCUT2D eigenvalue weighted by atomic mass is 10.2. The Morgan fingerprint density at radius 1 is 1.58 bits per heavy atom. The highest BCUT2D eigenvalue weighted by Crippen LogP contribution is 2.25. The predicted molar refractivity (Wildman–Crippen MR) is 79.8 cm³/mol. The van der Waals surface area contributed by atoms with Gasteiger partial charge in [0.25, 0.3) is 0 Å². The molecular weight excluding hydrogens is 382 g/mol. The fourth-order valence-corrected chi connectivity index (χ4v) is 2.81. The summed E-state index contributed by atoms with van der Waals surface area (Å²) >= 11 is 3.40. The monoisotopic (exact) mass is 392 g/mol. The maximum atomic E-state index is 12.9.